The number of nitrogens with zero attached hydrogens (tertiary/aromatic N) is 3. The Labute approximate surface area is 147 Å². The van der Waals surface area contributed by atoms with Crippen molar-refractivity contribution in [1.29, 1.82) is 0 Å². The van der Waals surface area contributed by atoms with Crippen molar-refractivity contribution in [3.8, 4) is 0 Å². The van der Waals surface area contributed by atoms with Gasteiger partial charge in [-0.15, -0.1) is 0 Å². The molecule has 12 heteroatoms. The number of ether oxygens (including phenoxy) is 2. The van der Waals surface area contributed by atoms with Gasteiger partial charge in [0.1, 0.15) is 5.69 Å². The summed E-state index contributed by atoms with van der Waals surface area (Å²) < 4.78 is 9.48. The summed E-state index contributed by atoms with van der Waals surface area (Å²) in [7, 11) is 0. The number of carbonyl (C=O) groups excluding carboxylic acids is 2. The largest absolute Gasteiger partial charge is 0.466 e. The van der Waals surface area contributed by atoms with Crippen molar-refractivity contribution >= 4 is 34.7 Å². The number of non-ortho nitro benzene ring substituents is 1. The third kappa shape index (κ3) is 5.81. The van der Waals surface area contributed by atoms with E-state index in [2.05, 4.69) is 10.5 Å². The van der Waals surface area contributed by atoms with E-state index in [9.17, 15) is 29.8 Å². The van der Waals surface area contributed by atoms with Gasteiger partial charge in [0, 0.05) is 6.07 Å². The molecule has 26 heavy (non-hydrogen) atoms. The lowest BCUT2D eigenvalue weighted by Gasteiger charge is -2.07. The van der Waals surface area contributed by atoms with E-state index >= 15 is 0 Å². The Morgan fingerprint density at radius 2 is 1.77 bits per heavy atom. The first kappa shape index (κ1) is 20.5. The normalized spacial score (nSPS) is 10.8. The van der Waals surface area contributed by atoms with Gasteiger partial charge in [-0.2, -0.15) is 5.10 Å². The molecule has 1 aromatic carbocycles. The van der Waals surface area contributed by atoms with Gasteiger partial charge in [0.15, 0.2) is 5.71 Å². The Hall–Kier alpha value is -3.57. The van der Waals surface area contributed by atoms with Crippen LogP contribution in [0.25, 0.3) is 0 Å². The summed E-state index contributed by atoms with van der Waals surface area (Å²) in [5, 5.41) is 25.5. The fourth-order valence-corrected chi connectivity index (χ4v) is 1.73. The predicted octanol–water partition coefficient (Wildman–Crippen LogP) is 1.79. The lowest BCUT2D eigenvalue weighted by atomic mass is 10.2. The topological polar surface area (TPSA) is 163 Å². The maximum absolute atomic E-state index is 11.8. The number of rotatable bonds is 9. The van der Waals surface area contributed by atoms with E-state index < -0.39 is 39.6 Å². The number of nitro groups is 2. The van der Waals surface area contributed by atoms with Crippen molar-refractivity contribution in [2.45, 2.75) is 20.3 Å². The molecule has 0 aliphatic carbocycles. The second kappa shape index (κ2) is 9.66. The molecule has 1 rings (SSSR count). The van der Waals surface area contributed by atoms with Gasteiger partial charge in [-0.25, -0.2) is 4.79 Å². The zero-order valence-electron chi connectivity index (χ0n) is 14.0. The van der Waals surface area contributed by atoms with Crippen LogP contribution in [0.1, 0.15) is 20.3 Å². The second-order valence-corrected chi connectivity index (χ2v) is 4.59. The Bertz CT molecular complexity index is 746. The van der Waals surface area contributed by atoms with Crippen molar-refractivity contribution < 1.29 is 28.9 Å². The van der Waals surface area contributed by atoms with Crippen LogP contribution in [0.2, 0.25) is 0 Å². The summed E-state index contributed by atoms with van der Waals surface area (Å²) in [4.78, 5) is 43.5. The first-order chi connectivity index (χ1) is 12.3. The van der Waals surface area contributed by atoms with Gasteiger partial charge >= 0.3 is 17.6 Å². The van der Waals surface area contributed by atoms with Crippen LogP contribution in [-0.2, 0) is 19.1 Å². The van der Waals surface area contributed by atoms with Gasteiger partial charge in [-0.05, 0) is 19.9 Å². The van der Waals surface area contributed by atoms with Crippen LogP contribution in [0.3, 0.4) is 0 Å². The van der Waals surface area contributed by atoms with Crippen LogP contribution in [0.4, 0.5) is 17.1 Å². The molecule has 1 aromatic rings. The van der Waals surface area contributed by atoms with Gasteiger partial charge in [-0.3, -0.25) is 30.4 Å². The standard InChI is InChI=1S/C14H16N4O8/c1-3-25-13(19)8-11(14(20)26-4-2)16-15-10-6-5-9(17(21)22)7-12(10)18(23)24/h5-7,15H,3-4,8H2,1-2H3/b16-11+. The smallest absolute Gasteiger partial charge is 0.355 e. The first-order valence-corrected chi connectivity index (χ1v) is 7.38. The number of hydrogen-bond acceptors (Lipinski definition) is 10. The van der Waals surface area contributed by atoms with Crippen molar-refractivity contribution in [2.75, 3.05) is 18.6 Å². The first-order valence-electron chi connectivity index (χ1n) is 7.38. The highest BCUT2D eigenvalue weighted by Crippen LogP contribution is 2.28. The Balaban J connectivity index is 3.14. The molecular weight excluding hydrogens is 352 g/mol. The SMILES string of the molecule is CCOC(=O)C/C(=N\Nc1ccc([N+](=O)[O-])cc1[N+](=O)[O-])C(=O)OCC. The number of anilines is 1. The summed E-state index contributed by atoms with van der Waals surface area (Å²) >= 11 is 0. The predicted molar refractivity (Wildman–Crippen MR) is 88.7 cm³/mol. The summed E-state index contributed by atoms with van der Waals surface area (Å²) in [6, 6.07) is 2.83. The Morgan fingerprint density at radius 3 is 2.31 bits per heavy atom. The van der Waals surface area contributed by atoms with Crippen LogP contribution >= 0.6 is 0 Å². The van der Waals surface area contributed by atoms with Gasteiger partial charge in [0.2, 0.25) is 0 Å². The van der Waals surface area contributed by atoms with Crippen LogP contribution in [0.15, 0.2) is 23.3 Å². The van der Waals surface area contributed by atoms with Crippen molar-refractivity contribution in [2.24, 2.45) is 5.10 Å². The summed E-state index contributed by atoms with van der Waals surface area (Å²) in [5.41, 5.74) is 0.591. The van der Waals surface area contributed by atoms with Crippen molar-refractivity contribution in [3.63, 3.8) is 0 Å². The number of benzene rings is 1. The minimum absolute atomic E-state index is 0.0261. The van der Waals surface area contributed by atoms with E-state index in [1.807, 2.05) is 0 Å². The number of hydrazone groups is 1. The number of nitrogens with one attached hydrogen (secondary N) is 1. The molecular formula is C14H16N4O8. The lowest BCUT2D eigenvalue weighted by molar-refractivity contribution is -0.393. The van der Waals surface area contributed by atoms with Crippen LogP contribution in [-0.4, -0.2) is 40.7 Å². The summed E-state index contributed by atoms with van der Waals surface area (Å²) in [5.74, 6) is -1.64. The number of esters is 2. The molecule has 0 heterocycles. The number of nitro benzene ring substituents is 2. The molecule has 0 amide bonds. The highest BCUT2D eigenvalue weighted by atomic mass is 16.6. The van der Waals surface area contributed by atoms with E-state index in [1.54, 1.807) is 13.8 Å². The molecule has 0 unspecified atom stereocenters. The van der Waals surface area contributed by atoms with Gasteiger partial charge < -0.3 is 9.47 Å². The van der Waals surface area contributed by atoms with E-state index in [-0.39, 0.29) is 24.6 Å². The summed E-state index contributed by atoms with van der Waals surface area (Å²) in [6.07, 6.45) is -0.513. The van der Waals surface area contributed by atoms with Crippen molar-refractivity contribution in [1.82, 2.24) is 0 Å². The van der Waals surface area contributed by atoms with Gasteiger partial charge in [0.25, 0.3) is 5.69 Å². The number of hydrogen-bond donors (Lipinski definition) is 1. The number of carbonyl (C=O) groups is 2. The average Bonchev–Trinajstić information content (AvgIpc) is 2.58. The minimum atomic E-state index is -0.905. The van der Waals surface area contributed by atoms with Crippen LogP contribution in [0, 0.1) is 20.2 Å². The average molecular weight is 368 g/mol. The maximum atomic E-state index is 11.8. The fourth-order valence-electron chi connectivity index (χ4n) is 1.73. The molecule has 0 aliphatic rings. The minimum Gasteiger partial charge on any atom is -0.466 e. The molecule has 0 saturated carbocycles. The molecule has 0 spiro atoms. The monoisotopic (exact) mass is 368 g/mol. The molecule has 140 valence electrons. The highest BCUT2D eigenvalue weighted by Gasteiger charge is 2.21. The Kier molecular flexibility index (Phi) is 7.61. The summed E-state index contributed by atoms with van der Waals surface area (Å²) in [6.45, 7) is 3.25. The zero-order valence-corrected chi connectivity index (χ0v) is 14.0. The molecule has 12 nitrogen and oxygen atoms in total. The third-order valence-electron chi connectivity index (χ3n) is 2.83. The molecule has 0 saturated heterocycles. The Morgan fingerprint density at radius 1 is 1.12 bits per heavy atom. The van der Waals surface area contributed by atoms with E-state index in [0.717, 1.165) is 18.2 Å². The molecule has 1 N–H and O–H groups in total. The van der Waals surface area contributed by atoms with E-state index in [1.165, 1.54) is 0 Å². The maximum Gasteiger partial charge on any atom is 0.355 e. The fraction of sp³-hybridized carbons (Fsp3) is 0.357. The van der Waals surface area contributed by atoms with Gasteiger partial charge in [0.05, 0.1) is 35.5 Å². The molecule has 0 radical (unpaired) electrons. The molecule has 0 aromatic heterocycles. The lowest BCUT2D eigenvalue weighted by Crippen LogP contribution is -2.23. The highest BCUT2D eigenvalue weighted by molar-refractivity contribution is 6.39. The molecule has 0 aliphatic heterocycles. The quantitative estimate of drug-likeness (QED) is 0.296. The molecule has 0 bridgehead atoms. The molecule has 0 fully saturated rings. The van der Waals surface area contributed by atoms with Gasteiger partial charge in [-0.1, -0.05) is 0 Å². The van der Waals surface area contributed by atoms with Crippen LogP contribution < -0.4 is 5.43 Å². The van der Waals surface area contributed by atoms with E-state index in [0.29, 0.717) is 0 Å². The van der Waals surface area contributed by atoms with Crippen molar-refractivity contribution in [3.05, 3.63) is 38.4 Å². The second-order valence-electron chi connectivity index (χ2n) is 4.59. The third-order valence-corrected chi connectivity index (χ3v) is 2.83. The zero-order chi connectivity index (χ0) is 19.7. The molecule has 0 atom stereocenters. The van der Waals surface area contributed by atoms with E-state index in [4.69, 9.17) is 9.47 Å². The van der Waals surface area contributed by atoms with Crippen LogP contribution in [0.5, 0.6) is 0 Å².